The van der Waals surface area contributed by atoms with Gasteiger partial charge < -0.3 is 15.7 Å². The first kappa shape index (κ1) is 16.8. The van der Waals surface area contributed by atoms with Crippen LogP contribution in [0.4, 0.5) is 11.4 Å². The Bertz CT molecular complexity index is 722. The molecule has 0 fully saturated rings. The molecule has 0 bridgehead atoms. The van der Waals surface area contributed by atoms with Crippen molar-refractivity contribution in [1.82, 2.24) is 0 Å². The zero-order valence-corrected chi connectivity index (χ0v) is 15.2. The molecular weight excluding hydrogens is 296 g/mol. The summed E-state index contributed by atoms with van der Waals surface area (Å²) in [6, 6.07) is 15.1. The summed E-state index contributed by atoms with van der Waals surface area (Å²) in [5.41, 5.74) is 5.16. The number of hydrogen-bond acceptors (Lipinski definition) is 3. The number of fused-ring (bicyclic) bond motifs is 1. The average molecular weight is 324 g/mol. The zero-order chi connectivity index (χ0) is 17.5. The van der Waals surface area contributed by atoms with Crippen LogP contribution in [0.15, 0.2) is 42.5 Å². The van der Waals surface area contributed by atoms with Crippen molar-refractivity contribution >= 4 is 11.4 Å². The van der Waals surface area contributed by atoms with Gasteiger partial charge in [-0.05, 0) is 44.0 Å². The van der Waals surface area contributed by atoms with Gasteiger partial charge in [-0.1, -0.05) is 44.2 Å². The molecule has 3 heteroatoms. The highest BCUT2D eigenvalue weighted by atomic mass is 16.3. The van der Waals surface area contributed by atoms with Crippen LogP contribution in [0.2, 0.25) is 0 Å². The Hall–Kier alpha value is -2.00. The fraction of sp³-hybridized carbons (Fsp3) is 0.429. The second-order valence-corrected chi connectivity index (χ2v) is 7.77. The molecule has 0 saturated carbocycles. The summed E-state index contributed by atoms with van der Waals surface area (Å²) in [5, 5.41) is 18.3. The number of nitrogens with one attached hydrogen (secondary N) is 2. The number of aliphatic hydroxyl groups is 1. The first-order valence-corrected chi connectivity index (χ1v) is 8.71. The molecule has 1 heterocycles. The molecule has 2 atom stereocenters. The van der Waals surface area contributed by atoms with Crippen LogP contribution in [0.25, 0.3) is 0 Å². The molecular formula is C21H28N2O. The maximum Gasteiger partial charge on any atom is 0.0884 e. The van der Waals surface area contributed by atoms with Gasteiger partial charge in [0.25, 0.3) is 0 Å². The van der Waals surface area contributed by atoms with Crippen LogP contribution in [0.3, 0.4) is 0 Å². The first-order chi connectivity index (χ1) is 11.3. The van der Waals surface area contributed by atoms with Crippen molar-refractivity contribution in [2.24, 2.45) is 5.41 Å². The van der Waals surface area contributed by atoms with Crippen molar-refractivity contribution < 1.29 is 5.11 Å². The average Bonchev–Trinajstić information content (AvgIpc) is 2.51. The lowest BCUT2D eigenvalue weighted by atomic mass is 9.70. The van der Waals surface area contributed by atoms with E-state index in [4.69, 9.17) is 0 Å². The minimum atomic E-state index is -0.522. The number of rotatable bonds is 3. The standard InChI is InChI=1S/C21H28N2O/c1-13(2)22-16-11-14(3)18-17(12-16)20(24)21(4,5)19(23-18)15-9-7-6-8-10-15/h6-13,19-20,22-24H,1-5H3. The van der Waals surface area contributed by atoms with Crippen LogP contribution < -0.4 is 10.6 Å². The molecule has 3 rings (SSSR count). The molecule has 1 aliphatic heterocycles. The van der Waals surface area contributed by atoms with Crippen molar-refractivity contribution in [1.29, 1.82) is 0 Å². The molecule has 2 unspecified atom stereocenters. The Balaban J connectivity index is 2.07. The quantitative estimate of drug-likeness (QED) is 0.741. The van der Waals surface area contributed by atoms with Crippen molar-refractivity contribution in [2.75, 3.05) is 10.6 Å². The van der Waals surface area contributed by atoms with Gasteiger partial charge in [0, 0.05) is 28.4 Å². The van der Waals surface area contributed by atoms with Crippen LogP contribution in [-0.2, 0) is 0 Å². The van der Waals surface area contributed by atoms with E-state index in [1.165, 1.54) is 5.56 Å². The molecule has 3 nitrogen and oxygen atoms in total. The van der Waals surface area contributed by atoms with Gasteiger partial charge in [-0.15, -0.1) is 0 Å². The Kier molecular flexibility index (Phi) is 4.31. The molecule has 0 amide bonds. The number of anilines is 2. The number of aryl methyl sites for hydroxylation is 1. The highest BCUT2D eigenvalue weighted by Gasteiger charge is 2.43. The summed E-state index contributed by atoms with van der Waals surface area (Å²) in [6.07, 6.45) is -0.522. The van der Waals surface area contributed by atoms with E-state index in [1.54, 1.807) is 0 Å². The lowest BCUT2D eigenvalue weighted by molar-refractivity contribution is 0.0289. The highest BCUT2D eigenvalue weighted by molar-refractivity contribution is 5.68. The van der Waals surface area contributed by atoms with Gasteiger partial charge in [-0.2, -0.15) is 0 Å². The number of benzene rings is 2. The lowest BCUT2D eigenvalue weighted by Gasteiger charge is -2.45. The molecule has 128 valence electrons. The fourth-order valence-electron chi connectivity index (χ4n) is 3.69. The van der Waals surface area contributed by atoms with E-state index in [0.717, 1.165) is 22.5 Å². The fourth-order valence-corrected chi connectivity index (χ4v) is 3.69. The van der Waals surface area contributed by atoms with Crippen LogP contribution in [-0.4, -0.2) is 11.1 Å². The highest BCUT2D eigenvalue weighted by Crippen LogP contribution is 2.52. The third kappa shape index (κ3) is 2.89. The lowest BCUT2D eigenvalue weighted by Crippen LogP contribution is -2.39. The molecule has 0 aromatic heterocycles. The van der Waals surface area contributed by atoms with Gasteiger partial charge in [0.1, 0.15) is 0 Å². The van der Waals surface area contributed by atoms with Crippen LogP contribution in [0.1, 0.15) is 56.5 Å². The molecule has 2 aromatic carbocycles. The van der Waals surface area contributed by atoms with E-state index in [2.05, 4.69) is 81.7 Å². The third-order valence-corrected chi connectivity index (χ3v) is 4.99. The smallest absolute Gasteiger partial charge is 0.0884 e. The van der Waals surface area contributed by atoms with E-state index in [0.29, 0.717) is 6.04 Å². The van der Waals surface area contributed by atoms with Crippen molar-refractivity contribution in [2.45, 2.75) is 52.8 Å². The van der Waals surface area contributed by atoms with Crippen molar-refractivity contribution in [3.8, 4) is 0 Å². The SMILES string of the molecule is Cc1cc(NC(C)C)cc2c1NC(c1ccccc1)C(C)(C)C2O. The van der Waals surface area contributed by atoms with E-state index >= 15 is 0 Å². The molecule has 2 aromatic rings. The predicted octanol–water partition coefficient (Wildman–Crippen LogP) is 5.04. The van der Waals surface area contributed by atoms with Crippen LogP contribution in [0, 0.1) is 12.3 Å². The van der Waals surface area contributed by atoms with Gasteiger partial charge in [0.15, 0.2) is 0 Å². The largest absolute Gasteiger partial charge is 0.388 e. The third-order valence-electron chi connectivity index (χ3n) is 4.99. The van der Waals surface area contributed by atoms with Gasteiger partial charge in [-0.3, -0.25) is 0 Å². The van der Waals surface area contributed by atoms with Gasteiger partial charge in [-0.25, -0.2) is 0 Å². The summed E-state index contributed by atoms with van der Waals surface area (Å²) < 4.78 is 0. The summed E-state index contributed by atoms with van der Waals surface area (Å²) in [7, 11) is 0. The summed E-state index contributed by atoms with van der Waals surface area (Å²) in [6.45, 7) is 10.6. The molecule has 0 spiro atoms. The molecule has 1 aliphatic rings. The van der Waals surface area contributed by atoms with E-state index < -0.39 is 6.10 Å². The summed E-state index contributed by atoms with van der Waals surface area (Å²) in [5.74, 6) is 0. The van der Waals surface area contributed by atoms with Gasteiger partial charge in [0.05, 0.1) is 12.1 Å². The Labute approximate surface area is 145 Å². The van der Waals surface area contributed by atoms with Gasteiger partial charge >= 0.3 is 0 Å². The van der Waals surface area contributed by atoms with Crippen LogP contribution >= 0.6 is 0 Å². The Morgan fingerprint density at radius 1 is 1.12 bits per heavy atom. The molecule has 0 aliphatic carbocycles. The first-order valence-electron chi connectivity index (χ1n) is 8.71. The van der Waals surface area contributed by atoms with E-state index in [9.17, 15) is 5.11 Å². The maximum absolute atomic E-state index is 11.1. The van der Waals surface area contributed by atoms with E-state index in [1.807, 2.05) is 6.07 Å². The van der Waals surface area contributed by atoms with Crippen molar-refractivity contribution in [3.05, 3.63) is 59.2 Å². The minimum Gasteiger partial charge on any atom is -0.388 e. The molecule has 3 N–H and O–H groups in total. The molecule has 24 heavy (non-hydrogen) atoms. The number of aliphatic hydroxyl groups excluding tert-OH is 1. The minimum absolute atomic E-state index is 0.0730. The van der Waals surface area contributed by atoms with Gasteiger partial charge in [0.2, 0.25) is 0 Å². The Morgan fingerprint density at radius 2 is 1.79 bits per heavy atom. The normalized spacial score (nSPS) is 22.0. The second kappa shape index (κ2) is 6.14. The molecule has 0 radical (unpaired) electrons. The predicted molar refractivity (Wildman–Crippen MR) is 101 cm³/mol. The topological polar surface area (TPSA) is 44.3 Å². The van der Waals surface area contributed by atoms with Crippen LogP contribution in [0.5, 0.6) is 0 Å². The number of hydrogen-bond donors (Lipinski definition) is 3. The zero-order valence-electron chi connectivity index (χ0n) is 15.2. The Morgan fingerprint density at radius 3 is 2.42 bits per heavy atom. The van der Waals surface area contributed by atoms with E-state index in [-0.39, 0.29) is 11.5 Å². The molecule has 0 saturated heterocycles. The monoisotopic (exact) mass is 324 g/mol. The van der Waals surface area contributed by atoms with Crippen molar-refractivity contribution in [3.63, 3.8) is 0 Å². The maximum atomic E-state index is 11.1. The summed E-state index contributed by atoms with van der Waals surface area (Å²) >= 11 is 0. The second-order valence-electron chi connectivity index (χ2n) is 7.77. The summed E-state index contributed by atoms with van der Waals surface area (Å²) in [4.78, 5) is 0.